The highest BCUT2D eigenvalue weighted by molar-refractivity contribution is 9.10. The second-order valence-electron chi connectivity index (χ2n) is 4.29. The summed E-state index contributed by atoms with van der Waals surface area (Å²) in [5, 5.41) is 2.98. The smallest absolute Gasteiger partial charge is 0.340 e. The molecule has 0 aromatic carbocycles. The van der Waals surface area contributed by atoms with Gasteiger partial charge in [-0.3, -0.25) is 9.78 Å². The van der Waals surface area contributed by atoms with E-state index >= 15 is 0 Å². The molecule has 0 spiro atoms. The van der Waals surface area contributed by atoms with Crippen LogP contribution in [0.2, 0.25) is 5.02 Å². The fourth-order valence-corrected chi connectivity index (χ4v) is 1.96. The molecule has 22 heavy (non-hydrogen) atoms. The fourth-order valence-electron chi connectivity index (χ4n) is 1.48. The third-order valence-corrected chi connectivity index (χ3v) is 3.23. The number of carbonyl (C=O) groups excluding carboxylic acids is 2. The number of esters is 1. The molecule has 1 atom stereocenters. The van der Waals surface area contributed by atoms with Crippen molar-refractivity contribution in [2.24, 2.45) is 0 Å². The van der Waals surface area contributed by atoms with Crippen molar-refractivity contribution in [1.82, 2.24) is 9.97 Å². The molecule has 0 aliphatic carbocycles. The average Bonchev–Trinajstić information content (AvgIpc) is 2.49. The Labute approximate surface area is 140 Å². The Kier molecular flexibility index (Phi) is 5.46. The van der Waals surface area contributed by atoms with E-state index < -0.39 is 18.0 Å². The van der Waals surface area contributed by atoms with Gasteiger partial charge in [0.25, 0.3) is 5.91 Å². The third kappa shape index (κ3) is 4.51. The molecule has 8 heteroatoms. The van der Waals surface area contributed by atoms with Gasteiger partial charge in [0, 0.05) is 23.1 Å². The molecule has 2 aromatic heterocycles. The van der Waals surface area contributed by atoms with Crippen molar-refractivity contribution in [2.45, 2.75) is 13.0 Å². The van der Waals surface area contributed by atoms with Gasteiger partial charge in [-0.05, 0) is 41.1 Å². The lowest BCUT2D eigenvalue weighted by Gasteiger charge is -2.13. The number of anilines is 1. The van der Waals surface area contributed by atoms with E-state index in [2.05, 4.69) is 31.2 Å². The van der Waals surface area contributed by atoms with Gasteiger partial charge in [-0.1, -0.05) is 11.6 Å². The zero-order valence-electron chi connectivity index (χ0n) is 11.4. The molecule has 0 saturated heterocycles. The van der Waals surface area contributed by atoms with Gasteiger partial charge in [0.1, 0.15) is 5.82 Å². The van der Waals surface area contributed by atoms with Crippen LogP contribution >= 0.6 is 27.5 Å². The van der Waals surface area contributed by atoms with Gasteiger partial charge in [0.15, 0.2) is 6.10 Å². The Bertz CT molecular complexity index is 694. The van der Waals surface area contributed by atoms with Gasteiger partial charge in [-0.15, -0.1) is 0 Å². The molecule has 0 saturated carbocycles. The molecular weight excluding hydrogens is 374 g/mol. The van der Waals surface area contributed by atoms with Crippen LogP contribution in [0.5, 0.6) is 0 Å². The highest BCUT2D eigenvalue weighted by Gasteiger charge is 2.19. The maximum absolute atomic E-state index is 11.9. The van der Waals surface area contributed by atoms with Crippen LogP contribution in [0.15, 0.2) is 41.3 Å². The van der Waals surface area contributed by atoms with Crippen molar-refractivity contribution < 1.29 is 14.3 Å². The van der Waals surface area contributed by atoms with Crippen LogP contribution in [-0.4, -0.2) is 27.9 Å². The lowest BCUT2D eigenvalue weighted by molar-refractivity contribution is -0.123. The lowest BCUT2D eigenvalue weighted by Crippen LogP contribution is -2.30. The molecule has 1 amide bonds. The van der Waals surface area contributed by atoms with E-state index in [0.29, 0.717) is 15.3 Å². The summed E-state index contributed by atoms with van der Waals surface area (Å²) >= 11 is 8.91. The zero-order chi connectivity index (χ0) is 16.1. The van der Waals surface area contributed by atoms with E-state index in [1.807, 2.05) is 0 Å². The van der Waals surface area contributed by atoms with Crippen molar-refractivity contribution in [3.63, 3.8) is 0 Å². The number of aromatic nitrogens is 2. The fraction of sp³-hybridized carbons (Fsp3) is 0.143. The van der Waals surface area contributed by atoms with Gasteiger partial charge < -0.3 is 10.1 Å². The monoisotopic (exact) mass is 383 g/mol. The first-order valence-corrected chi connectivity index (χ1v) is 7.37. The minimum Gasteiger partial charge on any atom is -0.449 e. The number of hydrogen-bond acceptors (Lipinski definition) is 5. The average molecular weight is 385 g/mol. The standard InChI is InChI=1S/C14H11BrClN3O3/c1-8(13(20)19-12-3-2-11(16)7-18-12)22-14(21)9-4-10(15)6-17-5-9/h2-8H,1H3,(H,18,19,20)/t8-/m1/s1. The van der Waals surface area contributed by atoms with Crippen LogP contribution in [0, 0.1) is 0 Å². The minimum atomic E-state index is -0.982. The Morgan fingerprint density at radius 2 is 2.09 bits per heavy atom. The maximum atomic E-state index is 11.9. The first-order valence-electron chi connectivity index (χ1n) is 6.19. The summed E-state index contributed by atoms with van der Waals surface area (Å²) in [6, 6.07) is 4.70. The van der Waals surface area contributed by atoms with Gasteiger partial charge in [-0.2, -0.15) is 0 Å². The molecule has 0 unspecified atom stereocenters. The number of hydrogen-bond donors (Lipinski definition) is 1. The number of halogens is 2. The highest BCUT2D eigenvalue weighted by Crippen LogP contribution is 2.13. The first-order chi connectivity index (χ1) is 10.5. The summed E-state index contributed by atoms with van der Waals surface area (Å²) in [4.78, 5) is 31.6. The molecule has 2 heterocycles. The number of nitrogens with zero attached hydrogens (tertiary/aromatic N) is 2. The van der Waals surface area contributed by atoms with Crippen LogP contribution < -0.4 is 5.32 Å². The molecule has 0 bridgehead atoms. The summed E-state index contributed by atoms with van der Waals surface area (Å²) in [6.07, 6.45) is 3.32. The number of carbonyl (C=O) groups is 2. The van der Waals surface area contributed by atoms with Gasteiger partial charge in [0.05, 0.1) is 10.6 Å². The summed E-state index contributed by atoms with van der Waals surface area (Å²) in [5.74, 6) is -0.812. The number of ether oxygens (including phenoxy) is 1. The van der Waals surface area contributed by atoms with E-state index in [-0.39, 0.29) is 5.56 Å². The SMILES string of the molecule is C[C@@H](OC(=O)c1cncc(Br)c1)C(=O)Nc1ccc(Cl)cn1. The largest absolute Gasteiger partial charge is 0.449 e. The predicted molar refractivity (Wildman–Crippen MR) is 84.7 cm³/mol. The van der Waals surface area contributed by atoms with Crippen LogP contribution in [0.25, 0.3) is 0 Å². The lowest BCUT2D eigenvalue weighted by atomic mass is 10.3. The maximum Gasteiger partial charge on any atom is 0.340 e. The van der Waals surface area contributed by atoms with Crippen molar-refractivity contribution in [3.8, 4) is 0 Å². The Hall–Kier alpha value is -1.99. The number of pyridine rings is 2. The van der Waals surface area contributed by atoms with Crippen LogP contribution in [0.3, 0.4) is 0 Å². The van der Waals surface area contributed by atoms with Crippen molar-refractivity contribution in [1.29, 1.82) is 0 Å². The zero-order valence-corrected chi connectivity index (χ0v) is 13.8. The van der Waals surface area contributed by atoms with E-state index in [1.165, 1.54) is 19.3 Å². The Morgan fingerprint density at radius 1 is 1.32 bits per heavy atom. The molecule has 0 radical (unpaired) electrons. The van der Waals surface area contributed by atoms with E-state index in [9.17, 15) is 9.59 Å². The normalized spacial score (nSPS) is 11.6. The van der Waals surface area contributed by atoms with E-state index in [4.69, 9.17) is 16.3 Å². The Balaban J connectivity index is 1.96. The topological polar surface area (TPSA) is 81.2 Å². The summed E-state index contributed by atoms with van der Waals surface area (Å²) in [5.41, 5.74) is 0.249. The molecule has 6 nitrogen and oxygen atoms in total. The van der Waals surface area contributed by atoms with Crippen LogP contribution in [0.1, 0.15) is 17.3 Å². The molecule has 1 N–H and O–H groups in total. The second kappa shape index (κ2) is 7.33. The molecule has 0 fully saturated rings. The molecule has 2 rings (SSSR count). The van der Waals surface area contributed by atoms with Crippen molar-refractivity contribution >= 4 is 45.2 Å². The summed E-state index contributed by atoms with van der Waals surface area (Å²) in [6.45, 7) is 1.47. The number of nitrogens with one attached hydrogen (secondary N) is 1. The van der Waals surface area contributed by atoms with Crippen molar-refractivity contribution in [3.05, 3.63) is 51.8 Å². The quantitative estimate of drug-likeness (QED) is 0.819. The highest BCUT2D eigenvalue weighted by atomic mass is 79.9. The molecular formula is C14H11BrClN3O3. The first kappa shape index (κ1) is 16.4. The molecule has 0 aliphatic heterocycles. The summed E-state index contributed by atoms with van der Waals surface area (Å²) < 4.78 is 5.73. The summed E-state index contributed by atoms with van der Waals surface area (Å²) in [7, 11) is 0. The van der Waals surface area contributed by atoms with Gasteiger partial charge in [0.2, 0.25) is 0 Å². The number of rotatable bonds is 4. The molecule has 0 aliphatic rings. The van der Waals surface area contributed by atoms with Crippen molar-refractivity contribution in [2.75, 3.05) is 5.32 Å². The third-order valence-electron chi connectivity index (χ3n) is 2.57. The van der Waals surface area contributed by atoms with Crippen LogP contribution in [0.4, 0.5) is 5.82 Å². The Morgan fingerprint density at radius 3 is 2.73 bits per heavy atom. The predicted octanol–water partition coefficient (Wildman–Crippen LogP) is 3.08. The number of amides is 1. The van der Waals surface area contributed by atoms with E-state index in [0.717, 1.165) is 0 Å². The molecule has 2 aromatic rings. The minimum absolute atomic E-state index is 0.249. The van der Waals surface area contributed by atoms with Crippen LogP contribution in [-0.2, 0) is 9.53 Å². The molecule has 114 valence electrons. The van der Waals surface area contributed by atoms with E-state index in [1.54, 1.807) is 24.4 Å². The second-order valence-corrected chi connectivity index (χ2v) is 5.64. The van der Waals surface area contributed by atoms with Gasteiger partial charge >= 0.3 is 5.97 Å². The van der Waals surface area contributed by atoms with Gasteiger partial charge in [-0.25, -0.2) is 9.78 Å².